The number of nitrogens with one attached hydrogen (secondary N) is 1. The molecule has 9 heteroatoms. The molecule has 1 aliphatic heterocycles. The molecule has 31 heavy (non-hydrogen) atoms. The smallest absolute Gasteiger partial charge is 0.406 e. The topological polar surface area (TPSA) is 65.4 Å². The highest BCUT2D eigenvalue weighted by molar-refractivity contribution is 5.97. The number of carbonyl (C=O) groups is 1. The Labute approximate surface area is 176 Å². The Bertz CT molecular complexity index is 1020. The van der Waals surface area contributed by atoms with Gasteiger partial charge in [-0.15, -0.1) is 13.2 Å². The van der Waals surface area contributed by atoms with Crippen molar-refractivity contribution >= 4 is 5.78 Å². The largest absolute Gasteiger partial charge is 0.573 e. The lowest BCUT2D eigenvalue weighted by atomic mass is 10.0. The van der Waals surface area contributed by atoms with E-state index in [0.29, 0.717) is 17.9 Å². The maximum Gasteiger partial charge on any atom is 0.573 e. The molecule has 0 bridgehead atoms. The number of hydrogen-bond donors (Lipinski definition) is 1. The van der Waals surface area contributed by atoms with Gasteiger partial charge in [0.2, 0.25) is 0 Å². The fraction of sp³-hybridized carbons (Fsp3) is 0.273. The predicted octanol–water partition coefficient (Wildman–Crippen LogP) is 3.86. The summed E-state index contributed by atoms with van der Waals surface area (Å²) < 4.78 is 47.8. The summed E-state index contributed by atoms with van der Waals surface area (Å²) in [7, 11) is 0. The molecule has 2 heterocycles. The molecule has 0 saturated carbocycles. The summed E-state index contributed by atoms with van der Waals surface area (Å²) in [5.74, 6) is -0.427. The fourth-order valence-corrected chi connectivity index (χ4v) is 3.33. The Morgan fingerprint density at radius 1 is 1.16 bits per heavy atom. The van der Waals surface area contributed by atoms with Gasteiger partial charge in [-0.3, -0.25) is 4.79 Å². The van der Waals surface area contributed by atoms with Crippen LogP contribution in [0.5, 0.6) is 5.75 Å². The maximum atomic E-state index is 12.6. The number of morpholine rings is 1. The van der Waals surface area contributed by atoms with Gasteiger partial charge in [-0.1, -0.05) is 24.3 Å². The maximum absolute atomic E-state index is 12.6. The molecule has 1 saturated heterocycles. The monoisotopic (exact) mass is 431 g/mol. The average Bonchev–Trinajstić information content (AvgIpc) is 3.25. The van der Waals surface area contributed by atoms with Crippen LogP contribution < -0.4 is 10.1 Å². The van der Waals surface area contributed by atoms with Crippen LogP contribution in [-0.2, 0) is 11.2 Å². The third-order valence-electron chi connectivity index (χ3n) is 4.88. The van der Waals surface area contributed by atoms with E-state index in [-0.39, 0.29) is 24.1 Å². The van der Waals surface area contributed by atoms with Gasteiger partial charge in [-0.2, -0.15) is 5.10 Å². The summed E-state index contributed by atoms with van der Waals surface area (Å²) in [5, 5.41) is 7.42. The molecule has 0 unspecified atom stereocenters. The quantitative estimate of drug-likeness (QED) is 0.601. The summed E-state index contributed by atoms with van der Waals surface area (Å²) in [6.07, 6.45) is -1.51. The number of alkyl halides is 3. The van der Waals surface area contributed by atoms with Crippen molar-refractivity contribution in [2.45, 2.75) is 18.9 Å². The minimum absolute atomic E-state index is 0.0182. The molecule has 162 valence electrons. The van der Waals surface area contributed by atoms with Crippen LogP contribution in [-0.4, -0.2) is 41.6 Å². The molecule has 4 rings (SSSR count). The summed E-state index contributed by atoms with van der Waals surface area (Å²) in [6, 6.07) is 13.0. The molecule has 1 aliphatic rings. The number of ketones is 1. The Kier molecular flexibility index (Phi) is 6.06. The molecule has 2 aromatic carbocycles. The van der Waals surface area contributed by atoms with Gasteiger partial charge >= 0.3 is 6.36 Å². The first kappa shape index (κ1) is 21.1. The van der Waals surface area contributed by atoms with Crippen molar-refractivity contribution in [2.75, 3.05) is 19.7 Å². The van der Waals surface area contributed by atoms with E-state index in [4.69, 9.17) is 4.74 Å². The highest BCUT2D eigenvalue weighted by Crippen LogP contribution is 2.24. The van der Waals surface area contributed by atoms with Crippen molar-refractivity contribution in [1.29, 1.82) is 0 Å². The van der Waals surface area contributed by atoms with Crippen molar-refractivity contribution < 1.29 is 27.4 Å². The Balaban J connectivity index is 1.39. The number of rotatable bonds is 6. The number of benzene rings is 2. The molecule has 1 atom stereocenters. The molecule has 0 radical (unpaired) electrons. The lowest BCUT2D eigenvalue weighted by molar-refractivity contribution is -0.274. The van der Waals surface area contributed by atoms with Crippen LogP contribution in [0.25, 0.3) is 5.69 Å². The minimum Gasteiger partial charge on any atom is -0.406 e. The number of Topliss-reactive ketones (excluding diaryl/α,β-unsaturated/α-hetero) is 1. The van der Waals surface area contributed by atoms with Gasteiger partial charge in [0.25, 0.3) is 0 Å². The Hall–Kier alpha value is -3.17. The van der Waals surface area contributed by atoms with Gasteiger partial charge in [0.1, 0.15) is 5.75 Å². The molecule has 0 aliphatic carbocycles. The van der Waals surface area contributed by atoms with E-state index in [9.17, 15) is 18.0 Å². The SMILES string of the molecule is O=C(Cc1ccc([C@H]2CNCCO2)cc1)c1cnn(-c2ccc(OC(F)(F)F)cc2)c1. The zero-order chi connectivity index (χ0) is 21.8. The zero-order valence-electron chi connectivity index (χ0n) is 16.4. The first-order chi connectivity index (χ1) is 14.9. The van der Waals surface area contributed by atoms with Crippen LogP contribution in [0, 0.1) is 0 Å². The standard InChI is InChI=1S/C22H20F3N3O3/c23-22(24,25)31-19-7-5-18(6-8-19)28-14-17(12-27-28)20(29)11-15-1-3-16(4-2-15)21-13-26-9-10-30-21/h1-8,12,14,21,26H,9-11,13H2/t21-/m1/s1. The second-order valence-electron chi connectivity index (χ2n) is 7.12. The second kappa shape index (κ2) is 8.91. The first-order valence-corrected chi connectivity index (χ1v) is 9.72. The highest BCUT2D eigenvalue weighted by atomic mass is 19.4. The molecule has 1 N–H and O–H groups in total. The zero-order valence-corrected chi connectivity index (χ0v) is 16.4. The van der Waals surface area contributed by atoms with Crippen LogP contribution in [0.15, 0.2) is 60.9 Å². The van der Waals surface area contributed by atoms with Gasteiger partial charge in [0.05, 0.1) is 30.2 Å². The van der Waals surface area contributed by atoms with Crippen LogP contribution in [0.2, 0.25) is 0 Å². The summed E-state index contributed by atoms with van der Waals surface area (Å²) in [6.45, 7) is 2.29. The van der Waals surface area contributed by atoms with E-state index in [1.165, 1.54) is 35.1 Å². The van der Waals surface area contributed by atoms with Gasteiger partial charge < -0.3 is 14.8 Å². The van der Waals surface area contributed by atoms with E-state index >= 15 is 0 Å². The van der Waals surface area contributed by atoms with E-state index in [0.717, 1.165) is 24.2 Å². The van der Waals surface area contributed by atoms with Gasteiger partial charge in [0, 0.05) is 25.7 Å². The molecule has 6 nitrogen and oxygen atoms in total. The Morgan fingerprint density at radius 3 is 2.55 bits per heavy atom. The molecule has 3 aromatic rings. The van der Waals surface area contributed by atoms with E-state index in [2.05, 4.69) is 15.2 Å². The number of halogens is 3. The van der Waals surface area contributed by atoms with Crippen LogP contribution in [0.4, 0.5) is 13.2 Å². The molecular formula is C22H20F3N3O3. The summed E-state index contributed by atoms with van der Waals surface area (Å²) >= 11 is 0. The third-order valence-corrected chi connectivity index (χ3v) is 4.88. The lowest BCUT2D eigenvalue weighted by Gasteiger charge is -2.24. The normalized spacial score (nSPS) is 16.8. The average molecular weight is 431 g/mol. The van der Waals surface area contributed by atoms with E-state index in [1.54, 1.807) is 6.20 Å². The number of hydrogen-bond acceptors (Lipinski definition) is 5. The third kappa shape index (κ3) is 5.50. The molecule has 1 aromatic heterocycles. The van der Waals surface area contributed by atoms with Crippen LogP contribution in [0.3, 0.4) is 0 Å². The molecule has 0 spiro atoms. The van der Waals surface area contributed by atoms with Gasteiger partial charge in [-0.05, 0) is 35.4 Å². The summed E-state index contributed by atoms with van der Waals surface area (Å²) in [4.78, 5) is 12.6. The van der Waals surface area contributed by atoms with Crippen molar-refractivity contribution in [3.05, 3.63) is 77.6 Å². The van der Waals surface area contributed by atoms with Gasteiger partial charge in [0.15, 0.2) is 5.78 Å². The van der Waals surface area contributed by atoms with Crippen molar-refractivity contribution in [3.63, 3.8) is 0 Å². The second-order valence-corrected chi connectivity index (χ2v) is 7.12. The van der Waals surface area contributed by atoms with Crippen molar-refractivity contribution in [1.82, 2.24) is 15.1 Å². The molecular weight excluding hydrogens is 411 g/mol. The molecule has 1 fully saturated rings. The number of aromatic nitrogens is 2. The predicted molar refractivity (Wildman–Crippen MR) is 106 cm³/mol. The van der Waals surface area contributed by atoms with E-state index < -0.39 is 6.36 Å². The van der Waals surface area contributed by atoms with Gasteiger partial charge in [-0.25, -0.2) is 4.68 Å². The number of ether oxygens (including phenoxy) is 2. The van der Waals surface area contributed by atoms with Crippen molar-refractivity contribution in [2.24, 2.45) is 0 Å². The number of carbonyl (C=O) groups excluding carboxylic acids is 1. The number of nitrogens with zero attached hydrogens (tertiary/aromatic N) is 2. The van der Waals surface area contributed by atoms with Crippen LogP contribution >= 0.6 is 0 Å². The minimum atomic E-state index is -4.74. The van der Waals surface area contributed by atoms with Crippen molar-refractivity contribution in [3.8, 4) is 11.4 Å². The fourth-order valence-electron chi connectivity index (χ4n) is 3.33. The highest BCUT2D eigenvalue weighted by Gasteiger charge is 2.31. The Morgan fingerprint density at radius 2 is 1.90 bits per heavy atom. The van der Waals surface area contributed by atoms with E-state index in [1.807, 2.05) is 24.3 Å². The molecule has 0 amide bonds. The van der Waals surface area contributed by atoms with Crippen LogP contribution in [0.1, 0.15) is 27.6 Å². The lowest BCUT2D eigenvalue weighted by Crippen LogP contribution is -2.33. The first-order valence-electron chi connectivity index (χ1n) is 9.72. The summed E-state index contributed by atoms with van der Waals surface area (Å²) in [5.41, 5.74) is 2.87.